The Morgan fingerprint density at radius 3 is 2.19 bits per heavy atom. The second-order valence-corrected chi connectivity index (χ2v) is 16.7. The maximum atomic E-state index is 13.2. The Bertz CT molecular complexity index is 2560. The summed E-state index contributed by atoms with van der Waals surface area (Å²) in [5.41, 5.74) is 1.78. The number of carbonyl (C=O) groups excluding carboxylic acids is 4. The zero-order chi connectivity index (χ0) is 43.8. The average molecular weight is 866 g/mol. The van der Waals surface area contributed by atoms with E-state index in [9.17, 15) is 32.7 Å². The van der Waals surface area contributed by atoms with Gasteiger partial charge >= 0.3 is 0 Å². The molecular formula is C46H47N3O12S. The summed E-state index contributed by atoms with van der Waals surface area (Å²) < 4.78 is 53.8. The number of hydrogen-bond donors (Lipinski definition) is 2. The first-order valence-corrected chi connectivity index (χ1v) is 22.1. The SMILES string of the molecule is CCN(CCOCCOCCOc1cccc2c1C(=O)N(C1CCC(=O)NC1=O)C2=O)CCOc1ccc(Oc2c(-c3ccc(S(C)(=O)=O)cc3)ccc3cc(O)ccc23)cc1. The molecule has 4 amide bonds. The van der Waals surface area contributed by atoms with Crippen molar-refractivity contribution in [1.82, 2.24) is 15.1 Å². The molecule has 7 rings (SSSR count). The smallest absolute Gasteiger partial charge is 0.266 e. The standard InChI is InChI=1S/C46H47N3O12S/c1-3-48(21-23-57-25-26-58-27-28-60-40-6-4-5-38-42(40)46(54)49(45(38)53)39-19-20-41(51)47-44(39)52)22-24-59-33-11-13-34(14-12-33)61-43-36(17-9-31-29-32(50)10-18-37(31)43)30-7-15-35(16-8-30)62(2,55)56/h4-18,29,39,50H,3,19-28H2,1-2H3,(H,47,51,52). The molecule has 15 nitrogen and oxygen atoms in total. The van der Waals surface area contributed by atoms with E-state index in [1.807, 2.05) is 36.4 Å². The van der Waals surface area contributed by atoms with Gasteiger partial charge in [-0.3, -0.25) is 34.3 Å². The van der Waals surface area contributed by atoms with Crippen LogP contribution in [0.25, 0.3) is 21.9 Å². The highest BCUT2D eigenvalue weighted by atomic mass is 32.2. The molecule has 1 atom stereocenters. The summed E-state index contributed by atoms with van der Waals surface area (Å²) in [5.74, 6) is -0.161. The molecule has 0 saturated carbocycles. The van der Waals surface area contributed by atoms with E-state index in [2.05, 4.69) is 17.1 Å². The van der Waals surface area contributed by atoms with Gasteiger partial charge in [0.2, 0.25) is 11.8 Å². The number of fused-ring (bicyclic) bond motifs is 2. The number of benzene rings is 5. The Hall–Kier alpha value is -6.33. The van der Waals surface area contributed by atoms with E-state index in [1.165, 1.54) is 12.3 Å². The molecule has 0 aromatic heterocycles. The van der Waals surface area contributed by atoms with Crippen molar-refractivity contribution in [1.29, 1.82) is 0 Å². The predicted octanol–water partition coefficient (Wildman–Crippen LogP) is 5.62. The zero-order valence-electron chi connectivity index (χ0n) is 34.3. The van der Waals surface area contributed by atoms with E-state index in [-0.39, 0.29) is 53.6 Å². The number of phenolic OH excluding ortho intramolecular Hbond substituents is 1. The number of nitrogens with one attached hydrogen (secondary N) is 1. The summed E-state index contributed by atoms with van der Waals surface area (Å²) in [4.78, 5) is 53.5. The third kappa shape index (κ3) is 10.2. The van der Waals surface area contributed by atoms with Crippen LogP contribution in [0.15, 0.2) is 102 Å². The largest absolute Gasteiger partial charge is 0.508 e. The van der Waals surface area contributed by atoms with E-state index in [4.69, 9.17) is 23.7 Å². The van der Waals surface area contributed by atoms with E-state index < -0.39 is 39.5 Å². The van der Waals surface area contributed by atoms with Crippen LogP contribution in [0.1, 0.15) is 40.5 Å². The predicted molar refractivity (Wildman–Crippen MR) is 229 cm³/mol. The number of imide groups is 2. The summed E-state index contributed by atoms with van der Waals surface area (Å²) in [6.07, 6.45) is 1.28. The molecule has 0 aliphatic carbocycles. The number of nitrogens with zero attached hydrogens (tertiary/aromatic N) is 2. The van der Waals surface area contributed by atoms with Crippen LogP contribution in [-0.2, 0) is 28.9 Å². The van der Waals surface area contributed by atoms with Crippen molar-refractivity contribution >= 4 is 44.2 Å². The van der Waals surface area contributed by atoms with E-state index in [0.717, 1.165) is 33.3 Å². The highest BCUT2D eigenvalue weighted by molar-refractivity contribution is 7.90. The highest BCUT2D eigenvalue weighted by Gasteiger charge is 2.46. The molecule has 1 saturated heterocycles. The second-order valence-electron chi connectivity index (χ2n) is 14.7. The number of likely N-dealkylation sites (N-methyl/N-ethyl adjacent to an activating group) is 1. The van der Waals surface area contributed by atoms with Crippen LogP contribution in [0.4, 0.5) is 0 Å². The maximum Gasteiger partial charge on any atom is 0.266 e. The van der Waals surface area contributed by atoms with Gasteiger partial charge in [-0.05, 0) is 96.7 Å². The number of sulfone groups is 1. The molecule has 1 unspecified atom stereocenters. The van der Waals surface area contributed by atoms with Crippen LogP contribution in [0, 0.1) is 0 Å². The van der Waals surface area contributed by atoms with Gasteiger partial charge in [0.15, 0.2) is 9.84 Å². The van der Waals surface area contributed by atoms with Crippen molar-refractivity contribution < 1.29 is 56.4 Å². The summed E-state index contributed by atoms with van der Waals surface area (Å²) in [6.45, 7) is 6.23. The van der Waals surface area contributed by atoms with Crippen molar-refractivity contribution in [2.75, 3.05) is 65.5 Å². The lowest BCUT2D eigenvalue weighted by molar-refractivity contribution is -0.136. The fraction of sp³-hybridized carbons (Fsp3) is 0.304. The quantitative estimate of drug-likeness (QED) is 0.0726. The number of aromatic hydroxyl groups is 1. The minimum atomic E-state index is -3.35. The summed E-state index contributed by atoms with van der Waals surface area (Å²) in [7, 11) is -3.35. The summed E-state index contributed by atoms with van der Waals surface area (Å²) in [6, 6.07) is 26.4. The third-order valence-corrected chi connectivity index (χ3v) is 11.7. The molecule has 0 bridgehead atoms. The molecular weight excluding hydrogens is 819 g/mol. The minimum absolute atomic E-state index is 0.0401. The molecule has 0 spiro atoms. The lowest BCUT2D eigenvalue weighted by Gasteiger charge is -2.27. The van der Waals surface area contributed by atoms with Gasteiger partial charge in [-0.25, -0.2) is 8.42 Å². The van der Waals surface area contributed by atoms with Gasteiger partial charge in [0, 0.05) is 36.7 Å². The van der Waals surface area contributed by atoms with Gasteiger partial charge in [0.05, 0.1) is 42.4 Å². The van der Waals surface area contributed by atoms with Crippen LogP contribution in [0.2, 0.25) is 0 Å². The van der Waals surface area contributed by atoms with Crippen LogP contribution in [-0.4, -0.2) is 119 Å². The van der Waals surface area contributed by atoms with Gasteiger partial charge < -0.3 is 28.8 Å². The molecule has 2 aliphatic heterocycles. The number of carbonyl (C=O) groups is 4. The Morgan fingerprint density at radius 2 is 1.47 bits per heavy atom. The van der Waals surface area contributed by atoms with Gasteiger partial charge in [-0.15, -0.1) is 0 Å². The molecule has 2 aliphatic rings. The van der Waals surface area contributed by atoms with Crippen molar-refractivity contribution in [2.24, 2.45) is 0 Å². The molecule has 16 heteroatoms. The number of rotatable bonds is 20. The normalized spacial score (nSPS) is 15.3. The fourth-order valence-corrected chi connectivity index (χ4v) is 7.91. The molecule has 324 valence electrons. The molecule has 5 aromatic rings. The van der Waals surface area contributed by atoms with Crippen LogP contribution < -0.4 is 19.5 Å². The average Bonchev–Trinajstić information content (AvgIpc) is 3.51. The Kier molecular flexibility index (Phi) is 13.8. The lowest BCUT2D eigenvalue weighted by Crippen LogP contribution is -2.54. The third-order valence-electron chi connectivity index (χ3n) is 10.6. The Morgan fingerprint density at radius 1 is 0.758 bits per heavy atom. The highest BCUT2D eigenvalue weighted by Crippen LogP contribution is 2.41. The summed E-state index contributed by atoms with van der Waals surface area (Å²) >= 11 is 0. The Labute approximate surface area is 359 Å². The molecule has 5 aromatic carbocycles. The second kappa shape index (κ2) is 19.6. The lowest BCUT2D eigenvalue weighted by atomic mass is 9.99. The first kappa shape index (κ1) is 43.7. The molecule has 62 heavy (non-hydrogen) atoms. The summed E-state index contributed by atoms with van der Waals surface area (Å²) in [5, 5.41) is 13.9. The van der Waals surface area contributed by atoms with Crippen molar-refractivity contribution in [3.63, 3.8) is 0 Å². The fourth-order valence-electron chi connectivity index (χ4n) is 7.28. The number of hydrogen-bond acceptors (Lipinski definition) is 13. The molecule has 2 heterocycles. The minimum Gasteiger partial charge on any atom is -0.508 e. The topological polar surface area (TPSA) is 187 Å². The number of amides is 4. The molecule has 1 fully saturated rings. The van der Waals surface area contributed by atoms with Crippen molar-refractivity contribution in [2.45, 2.75) is 30.7 Å². The first-order chi connectivity index (χ1) is 29.9. The maximum absolute atomic E-state index is 13.2. The zero-order valence-corrected chi connectivity index (χ0v) is 35.2. The number of phenols is 1. The van der Waals surface area contributed by atoms with Crippen LogP contribution in [0.3, 0.4) is 0 Å². The van der Waals surface area contributed by atoms with E-state index >= 15 is 0 Å². The van der Waals surface area contributed by atoms with Gasteiger partial charge in [0.1, 0.15) is 48.0 Å². The molecule has 2 N–H and O–H groups in total. The van der Waals surface area contributed by atoms with Gasteiger partial charge in [0.25, 0.3) is 11.8 Å². The van der Waals surface area contributed by atoms with E-state index in [0.29, 0.717) is 56.8 Å². The van der Waals surface area contributed by atoms with Gasteiger partial charge in [-0.1, -0.05) is 31.2 Å². The van der Waals surface area contributed by atoms with E-state index in [1.54, 1.807) is 54.6 Å². The molecule has 0 radical (unpaired) electrons. The first-order valence-electron chi connectivity index (χ1n) is 20.2. The van der Waals surface area contributed by atoms with Crippen LogP contribution >= 0.6 is 0 Å². The number of piperidine rings is 1. The van der Waals surface area contributed by atoms with Crippen LogP contribution in [0.5, 0.6) is 28.7 Å². The Balaban J connectivity index is 0.816. The number of ether oxygens (including phenoxy) is 5. The van der Waals surface area contributed by atoms with Crippen molar-refractivity contribution in [3.8, 4) is 39.9 Å². The van der Waals surface area contributed by atoms with Crippen molar-refractivity contribution in [3.05, 3.63) is 108 Å². The van der Waals surface area contributed by atoms with Gasteiger partial charge in [-0.2, -0.15) is 0 Å². The monoisotopic (exact) mass is 865 g/mol.